The number of amides is 1. The Morgan fingerprint density at radius 3 is 2.80 bits per heavy atom. The molecule has 0 N–H and O–H groups in total. The van der Waals surface area contributed by atoms with Crippen molar-refractivity contribution in [1.29, 1.82) is 0 Å². The van der Waals surface area contributed by atoms with E-state index in [4.69, 9.17) is 4.42 Å². The summed E-state index contributed by atoms with van der Waals surface area (Å²) in [5.41, 5.74) is 3.87. The van der Waals surface area contributed by atoms with Crippen LogP contribution in [0.2, 0.25) is 0 Å². The van der Waals surface area contributed by atoms with Crippen molar-refractivity contribution >= 4 is 48.9 Å². The molecular weight excluding hydrogens is 469 g/mol. The van der Waals surface area contributed by atoms with Gasteiger partial charge in [0.25, 0.3) is 0 Å². The SMILES string of the molecule is Cc1ccc(CN2C(=O)CC(c3nnc(C4CC4)o3)=C(Br)c3scc(C)c32)cc1F. The molecule has 0 bridgehead atoms. The Morgan fingerprint density at radius 1 is 1.27 bits per heavy atom. The quantitative estimate of drug-likeness (QED) is 0.455. The molecule has 0 spiro atoms. The average molecular weight is 488 g/mol. The van der Waals surface area contributed by atoms with Crippen LogP contribution >= 0.6 is 27.3 Å². The van der Waals surface area contributed by atoms with Gasteiger partial charge in [-0.25, -0.2) is 4.39 Å². The van der Waals surface area contributed by atoms with Gasteiger partial charge in [0, 0.05) is 16.0 Å². The van der Waals surface area contributed by atoms with E-state index in [9.17, 15) is 9.18 Å². The number of carbonyl (C=O) groups excluding carboxylic acids is 1. The number of rotatable bonds is 4. The number of thiophene rings is 1. The fourth-order valence-corrected chi connectivity index (χ4v) is 5.41. The van der Waals surface area contributed by atoms with E-state index in [1.54, 1.807) is 29.2 Å². The van der Waals surface area contributed by atoms with Crippen LogP contribution in [0, 0.1) is 19.7 Å². The van der Waals surface area contributed by atoms with Gasteiger partial charge in [-0.05, 0) is 70.8 Å². The highest BCUT2D eigenvalue weighted by Gasteiger charge is 2.34. The maximum absolute atomic E-state index is 14.1. The number of fused-ring (bicyclic) bond motifs is 1. The van der Waals surface area contributed by atoms with E-state index in [2.05, 4.69) is 26.1 Å². The molecule has 1 aromatic carbocycles. The van der Waals surface area contributed by atoms with E-state index in [0.717, 1.165) is 39.0 Å². The summed E-state index contributed by atoms with van der Waals surface area (Å²) in [5, 5.41) is 10.4. The Bertz CT molecular complexity index is 1190. The van der Waals surface area contributed by atoms with Crippen molar-refractivity contribution in [2.75, 3.05) is 4.90 Å². The first-order chi connectivity index (χ1) is 14.4. The number of carbonyl (C=O) groups is 1. The summed E-state index contributed by atoms with van der Waals surface area (Å²) >= 11 is 5.26. The van der Waals surface area contributed by atoms with Crippen LogP contribution in [0.15, 0.2) is 28.0 Å². The van der Waals surface area contributed by atoms with Crippen LogP contribution in [0.1, 0.15) is 58.5 Å². The van der Waals surface area contributed by atoms with Crippen molar-refractivity contribution in [2.45, 2.75) is 45.6 Å². The van der Waals surface area contributed by atoms with Crippen LogP contribution in [-0.2, 0) is 11.3 Å². The summed E-state index contributed by atoms with van der Waals surface area (Å²) in [7, 11) is 0. The van der Waals surface area contributed by atoms with Gasteiger partial charge in [-0.2, -0.15) is 0 Å². The number of aryl methyl sites for hydroxylation is 2. The van der Waals surface area contributed by atoms with E-state index in [1.165, 1.54) is 6.07 Å². The van der Waals surface area contributed by atoms with Gasteiger partial charge in [0.1, 0.15) is 5.82 Å². The average Bonchev–Trinajstić information content (AvgIpc) is 3.36. The Morgan fingerprint density at radius 2 is 2.07 bits per heavy atom. The molecule has 2 aromatic heterocycles. The molecular formula is C22H19BrFN3O2S. The molecule has 1 fully saturated rings. The lowest BCUT2D eigenvalue weighted by atomic mass is 10.1. The topological polar surface area (TPSA) is 59.2 Å². The summed E-state index contributed by atoms with van der Waals surface area (Å²) in [6.07, 6.45) is 2.26. The smallest absolute Gasteiger partial charge is 0.245 e. The van der Waals surface area contributed by atoms with E-state index in [-0.39, 0.29) is 18.1 Å². The largest absolute Gasteiger partial charge is 0.421 e. The first-order valence-electron chi connectivity index (χ1n) is 9.78. The molecule has 1 aliphatic heterocycles. The molecule has 1 aliphatic carbocycles. The first-order valence-corrected chi connectivity index (χ1v) is 11.5. The van der Waals surface area contributed by atoms with Gasteiger partial charge in [-0.3, -0.25) is 4.79 Å². The lowest BCUT2D eigenvalue weighted by molar-refractivity contribution is -0.117. The van der Waals surface area contributed by atoms with Crippen molar-refractivity contribution in [1.82, 2.24) is 10.2 Å². The van der Waals surface area contributed by atoms with E-state index >= 15 is 0 Å². The molecule has 0 unspecified atom stereocenters. The lowest BCUT2D eigenvalue weighted by Gasteiger charge is -2.23. The molecule has 0 atom stereocenters. The van der Waals surface area contributed by atoms with Crippen molar-refractivity contribution in [3.8, 4) is 0 Å². The predicted octanol–water partition coefficient (Wildman–Crippen LogP) is 5.96. The van der Waals surface area contributed by atoms with Crippen LogP contribution in [0.4, 0.5) is 10.1 Å². The first kappa shape index (κ1) is 19.6. The summed E-state index contributed by atoms with van der Waals surface area (Å²) in [4.78, 5) is 16.0. The molecule has 0 saturated heterocycles. The maximum atomic E-state index is 14.1. The molecule has 1 amide bonds. The highest BCUT2D eigenvalue weighted by molar-refractivity contribution is 9.15. The number of halogens is 2. The minimum atomic E-state index is -0.268. The fraction of sp³-hybridized carbons (Fsp3) is 0.318. The molecule has 1 saturated carbocycles. The summed E-state index contributed by atoms with van der Waals surface area (Å²) in [6, 6.07) is 5.10. The number of hydrogen-bond donors (Lipinski definition) is 0. The third-order valence-electron chi connectivity index (χ3n) is 5.51. The predicted molar refractivity (Wildman–Crippen MR) is 118 cm³/mol. The van der Waals surface area contributed by atoms with Crippen LogP contribution < -0.4 is 4.90 Å². The zero-order valence-electron chi connectivity index (χ0n) is 16.5. The Hall–Kier alpha value is -2.32. The molecule has 30 heavy (non-hydrogen) atoms. The zero-order chi connectivity index (χ0) is 21.0. The molecule has 3 heterocycles. The summed E-state index contributed by atoms with van der Waals surface area (Å²) < 4.78 is 20.8. The number of benzene rings is 1. The van der Waals surface area contributed by atoms with Gasteiger partial charge in [-0.1, -0.05) is 12.1 Å². The van der Waals surface area contributed by atoms with Crippen molar-refractivity contribution in [2.24, 2.45) is 0 Å². The van der Waals surface area contributed by atoms with Gasteiger partial charge in [-0.15, -0.1) is 21.5 Å². The second-order valence-electron chi connectivity index (χ2n) is 7.85. The van der Waals surface area contributed by atoms with Crippen molar-refractivity contribution in [3.63, 3.8) is 0 Å². The van der Waals surface area contributed by atoms with Crippen LogP contribution in [0.3, 0.4) is 0 Å². The second kappa shape index (κ2) is 7.42. The Labute approximate surface area is 185 Å². The minimum absolute atomic E-state index is 0.0886. The van der Waals surface area contributed by atoms with Crippen molar-refractivity contribution in [3.05, 3.63) is 62.7 Å². The molecule has 154 valence electrons. The lowest BCUT2D eigenvalue weighted by Crippen LogP contribution is -2.30. The zero-order valence-corrected chi connectivity index (χ0v) is 18.9. The van der Waals surface area contributed by atoms with Gasteiger partial charge in [0.2, 0.25) is 17.7 Å². The fourth-order valence-electron chi connectivity index (χ4n) is 3.62. The van der Waals surface area contributed by atoms with Gasteiger partial charge in [0.05, 0.1) is 23.5 Å². The number of aromatic nitrogens is 2. The maximum Gasteiger partial charge on any atom is 0.245 e. The highest BCUT2D eigenvalue weighted by Crippen LogP contribution is 2.47. The monoisotopic (exact) mass is 487 g/mol. The minimum Gasteiger partial charge on any atom is -0.421 e. The number of nitrogens with zero attached hydrogens (tertiary/aromatic N) is 3. The summed E-state index contributed by atoms with van der Waals surface area (Å²) in [6.45, 7) is 4.00. The molecule has 5 nitrogen and oxygen atoms in total. The van der Waals surface area contributed by atoms with E-state index < -0.39 is 0 Å². The third-order valence-corrected chi connectivity index (χ3v) is 7.75. The van der Waals surface area contributed by atoms with Gasteiger partial charge in [0.15, 0.2) is 0 Å². The molecule has 8 heteroatoms. The standard InChI is InChI=1S/C22H19BrFN3O2S/c1-11-3-4-13(7-16(11)24)9-27-17(28)8-15(18(23)20-19(27)12(2)10-30-20)22-26-25-21(29-22)14-5-6-14/h3-4,7,10,14H,5-6,8-9H2,1-2H3. The van der Waals surface area contributed by atoms with E-state index in [1.807, 2.05) is 18.4 Å². The van der Waals surface area contributed by atoms with E-state index in [0.29, 0.717) is 35.4 Å². The number of hydrogen-bond acceptors (Lipinski definition) is 5. The number of anilines is 1. The highest BCUT2D eigenvalue weighted by atomic mass is 79.9. The molecule has 0 radical (unpaired) electrons. The third kappa shape index (κ3) is 3.41. The Kier molecular flexibility index (Phi) is 4.86. The summed E-state index contributed by atoms with van der Waals surface area (Å²) in [5.74, 6) is 1.02. The van der Waals surface area contributed by atoms with Crippen LogP contribution in [0.25, 0.3) is 10.1 Å². The Balaban J connectivity index is 1.55. The van der Waals surface area contributed by atoms with Crippen LogP contribution in [-0.4, -0.2) is 16.1 Å². The molecule has 2 aliphatic rings. The van der Waals surface area contributed by atoms with Crippen LogP contribution in [0.5, 0.6) is 0 Å². The molecule has 5 rings (SSSR count). The van der Waals surface area contributed by atoms with Gasteiger partial charge >= 0.3 is 0 Å². The second-order valence-corrected chi connectivity index (χ2v) is 9.52. The van der Waals surface area contributed by atoms with Crippen molar-refractivity contribution < 1.29 is 13.6 Å². The van der Waals surface area contributed by atoms with Gasteiger partial charge < -0.3 is 9.32 Å². The molecule has 3 aromatic rings. The normalized spacial score (nSPS) is 16.8.